The summed E-state index contributed by atoms with van der Waals surface area (Å²) in [5, 5.41) is 9.88. The van der Waals surface area contributed by atoms with Gasteiger partial charge in [-0.05, 0) is 50.3 Å². The molecule has 1 aromatic heterocycles. The third-order valence-corrected chi connectivity index (χ3v) is 4.34. The number of anilines is 2. The Morgan fingerprint density at radius 2 is 2.14 bits per heavy atom. The minimum atomic E-state index is -0.892. The van der Waals surface area contributed by atoms with E-state index in [-0.39, 0.29) is 6.04 Å². The molecular formula is C16H17N3O2S. The molecule has 0 radical (unpaired) electrons. The zero-order chi connectivity index (χ0) is 15.9. The van der Waals surface area contributed by atoms with Gasteiger partial charge in [-0.2, -0.15) is 0 Å². The van der Waals surface area contributed by atoms with Crippen molar-refractivity contribution in [3.8, 4) is 0 Å². The van der Waals surface area contributed by atoms with Crippen LogP contribution in [-0.4, -0.2) is 33.3 Å². The lowest BCUT2D eigenvalue weighted by Crippen LogP contribution is -2.25. The predicted octanol–water partition coefficient (Wildman–Crippen LogP) is 3.29. The van der Waals surface area contributed by atoms with Crippen LogP contribution in [0.3, 0.4) is 0 Å². The summed E-state index contributed by atoms with van der Waals surface area (Å²) in [7, 11) is 0. The summed E-state index contributed by atoms with van der Waals surface area (Å²) in [6.07, 6.45) is 2.77. The van der Waals surface area contributed by atoms with E-state index in [0.717, 1.165) is 34.3 Å². The smallest absolute Gasteiger partial charge is 0.335 e. The number of carboxylic acids is 1. The van der Waals surface area contributed by atoms with E-state index in [4.69, 9.17) is 5.11 Å². The first-order valence-corrected chi connectivity index (χ1v) is 8.27. The van der Waals surface area contributed by atoms with Gasteiger partial charge in [-0.15, -0.1) is 0 Å². The Morgan fingerprint density at radius 1 is 1.36 bits per heavy atom. The number of carbonyl (C=O) groups is 1. The highest BCUT2D eigenvalue weighted by Crippen LogP contribution is 2.38. The number of fused-ring (bicyclic) bond motifs is 1. The zero-order valence-electron chi connectivity index (χ0n) is 12.7. The van der Waals surface area contributed by atoms with Gasteiger partial charge in [-0.25, -0.2) is 14.8 Å². The second kappa shape index (κ2) is 5.61. The van der Waals surface area contributed by atoms with Crippen molar-refractivity contribution in [2.45, 2.75) is 31.5 Å². The molecule has 1 atom stereocenters. The lowest BCUT2D eigenvalue weighted by Gasteiger charge is -2.24. The fourth-order valence-electron chi connectivity index (χ4n) is 2.85. The number of hydrogen-bond acceptors (Lipinski definition) is 5. The molecule has 2 aromatic rings. The SMILES string of the molecule is CSc1nc(C)cc(N2c3ccc(C(=O)O)cc3CC2C)n1. The quantitative estimate of drug-likeness (QED) is 0.692. The van der Waals surface area contributed by atoms with Gasteiger partial charge in [-0.3, -0.25) is 0 Å². The van der Waals surface area contributed by atoms with Crippen LogP contribution in [-0.2, 0) is 6.42 Å². The summed E-state index contributed by atoms with van der Waals surface area (Å²) in [4.78, 5) is 22.3. The Kier molecular flexibility index (Phi) is 3.78. The van der Waals surface area contributed by atoms with Crippen LogP contribution in [0.25, 0.3) is 0 Å². The van der Waals surface area contributed by atoms with Crippen molar-refractivity contribution in [3.05, 3.63) is 41.1 Å². The summed E-state index contributed by atoms with van der Waals surface area (Å²) >= 11 is 1.52. The predicted molar refractivity (Wildman–Crippen MR) is 87.3 cm³/mol. The summed E-state index contributed by atoms with van der Waals surface area (Å²) in [6.45, 7) is 4.08. The Morgan fingerprint density at radius 3 is 2.82 bits per heavy atom. The molecule has 0 amide bonds. The van der Waals surface area contributed by atoms with Gasteiger partial charge >= 0.3 is 5.97 Å². The molecule has 114 valence electrons. The first kappa shape index (κ1) is 14.8. The maximum absolute atomic E-state index is 11.1. The average Bonchev–Trinajstić information content (AvgIpc) is 2.81. The monoisotopic (exact) mass is 315 g/mol. The molecule has 0 saturated carbocycles. The van der Waals surface area contributed by atoms with Crippen molar-refractivity contribution in [2.75, 3.05) is 11.2 Å². The minimum Gasteiger partial charge on any atom is -0.478 e. The van der Waals surface area contributed by atoms with E-state index in [2.05, 4.69) is 21.8 Å². The van der Waals surface area contributed by atoms with Crippen LogP contribution in [0, 0.1) is 6.92 Å². The minimum absolute atomic E-state index is 0.239. The number of aromatic carboxylic acids is 1. The van der Waals surface area contributed by atoms with Gasteiger partial charge in [0.1, 0.15) is 5.82 Å². The first-order valence-electron chi connectivity index (χ1n) is 7.04. The molecule has 0 bridgehead atoms. The maximum Gasteiger partial charge on any atom is 0.335 e. The lowest BCUT2D eigenvalue weighted by atomic mass is 10.1. The van der Waals surface area contributed by atoms with Crippen molar-refractivity contribution in [3.63, 3.8) is 0 Å². The van der Waals surface area contributed by atoms with Crippen LogP contribution >= 0.6 is 11.8 Å². The average molecular weight is 315 g/mol. The van der Waals surface area contributed by atoms with Crippen molar-refractivity contribution < 1.29 is 9.90 Å². The van der Waals surface area contributed by atoms with Crippen molar-refractivity contribution in [1.82, 2.24) is 9.97 Å². The van der Waals surface area contributed by atoms with Crippen LogP contribution in [0.5, 0.6) is 0 Å². The number of thioether (sulfide) groups is 1. The molecule has 0 aliphatic carbocycles. The highest BCUT2D eigenvalue weighted by atomic mass is 32.2. The van der Waals surface area contributed by atoms with Crippen LogP contribution in [0.1, 0.15) is 28.5 Å². The van der Waals surface area contributed by atoms with E-state index in [9.17, 15) is 4.79 Å². The first-order chi connectivity index (χ1) is 10.5. The normalized spacial score (nSPS) is 16.7. The Balaban J connectivity index is 2.07. The van der Waals surface area contributed by atoms with Gasteiger partial charge in [0.25, 0.3) is 0 Å². The maximum atomic E-state index is 11.1. The standard InChI is InChI=1S/C16H17N3O2S/c1-9-6-14(18-16(17-9)22-3)19-10(2)7-12-8-11(15(20)21)4-5-13(12)19/h4-6,8,10H,7H2,1-3H3,(H,20,21). The van der Waals surface area contributed by atoms with Crippen molar-refractivity contribution in [2.24, 2.45) is 0 Å². The van der Waals surface area contributed by atoms with Crippen molar-refractivity contribution in [1.29, 1.82) is 0 Å². The molecular weight excluding hydrogens is 298 g/mol. The number of rotatable bonds is 3. The summed E-state index contributed by atoms with van der Waals surface area (Å²) in [5.74, 6) is -0.0253. The van der Waals surface area contributed by atoms with Crippen molar-refractivity contribution >= 4 is 29.2 Å². The molecule has 22 heavy (non-hydrogen) atoms. The molecule has 5 nitrogen and oxygen atoms in total. The Labute approximate surface area is 133 Å². The van der Waals surface area contributed by atoms with Gasteiger partial charge in [0.15, 0.2) is 5.16 Å². The zero-order valence-corrected chi connectivity index (χ0v) is 13.5. The van der Waals surface area contributed by atoms with E-state index < -0.39 is 5.97 Å². The van der Waals surface area contributed by atoms with Gasteiger partial charge in [-0.1, -0.05) is 11.8 Å². The van der Waals surface area contributed by atoms with Crippen LogP contribution in [0.2, 0.25) is 0 Å². The number of hydrogen-bond donors (Lipinski definition) is 1. The number of nitrogens with zero attached hydrogens (tertiary/aromatic N) is 3. The molecule has 3 rings (SSSR count). The second-order valence-electron chi connectivity index (χ2n) is 5.43. The lowest BCUT2D eigenvalue weighted by molar-refractivity contribution is 0.0697. The van der Waals surface area contributed by atoms with Gasteiger partial charge in [0, 0.05) is 23.5 Å². The fourth-order valence-corrected chi connectivity index (χ4v) is 3.27. The van der Waals surface area contributed by atoms with Crippen LogP contribution < -0.4 is 4.90 Å². The highest BCUT2D eigenvalue weighted by molar-refractivity contribution is 7.98. The second-order valence-corrected chi connectivity index (χ2v) is 6.20. The number of benzene rings is 1. The molecule has 0 saturated heterocycles. The van der Waals surface area contributed by atoms with E-state index >= 15 is 0 Å². The number of aryl methyl sites for hydroxylation is 1. The summed E-state index contributed by atoms with van der Waals surface area (Å²) in [6, 6.07) is 7.49. The van der Waals surface area contributed by atoms with Gasteiger partial charge < -0.3 is 10.0 Å². The molecule has 1 N–H and O–H groups in total. The Hall–Kier alpha value is -2.08. The topological polar surface area (TPSA) is 66.3 Å². The molecule has 1 unspecified atom stereocenters. The third kappa shape index (κ3) is 2.54. The fraction of sp³-hybridized carbons (Fsp3) is 0.312. The molecule has 0 fully saturated rings. The molecule has 1 aliphatic rings. The van der Waals surface area contributed by atoms with E-state index in [0.29, 0.717) is 5.56 Å². The van der Waals surface area contributed by atoms with E-state index in [1.807, 2.05) is 25.3 Å². The molecule has 6 heteroatoms. The molecule has 1 aromatic carbocycles. The molecule has 0 spiro atoms. The number of carboxylic acid groups (broad SMARTS) is 1. The molecule has 2 heterocycles. The Bertz CT molecular complexity index is 748. The molecule has 1 aliphatic heterocycles. The summed E-state index contributed by atoms with van der Waals surface area (Å²) in [5.41, 5.74) is 3.34. The van der Waals surface area contributed by atoms with Crippen LogP contribution in [0.15, 0.2) is 29.4 Å². The third-order valence-electron chi connectivity index (χ3n) is 3.79. The van der Waals surface area contributed by atoms with E-state index in [1.54, 1.807) is 12.1 Å². The van der Waals surface area contributed by atoms with E-state index in [1.165, 1.54) is 11.8 Å². The van der Waals surface area contributed by atoms with Gasteiger partial charge in [0.05, 0.1) is 5.56 Å². The number of aromatic nitrogens is 2. The van der Waals surface area contributed by atoms with Gasteiger partial charge in [0.2, 0.25) is 0 Å². The largest absolute Gasteiger partial charge is 0.478 e. The van der Waals surface area contributed by atoms with Crippen LogP contribution in [0.4, 0.5) is 11.5 Å². The highest BCUT2D eigenvalue weighted by Gasteiger charge is 2.29. The summed E-state index contributed by atoms with van der Waals surface area (Å²) < 4.78 is 0.